The Morgan fingerprint density at radius 3 is 2.00 bits per heavy atom. The topological polar surface area (TPSA) is 55.8 Å². The minimum absolute atomic E-state index is 0.188. The van der Waals surface area contributed by atoms with Gasteiger partial charge in [0.25, 0.3) is 0 Å². The van der Waals surface area contributed by atoms with Gasteiger partial charge in [0.2, 0.25) is 0 Å². The van der Waals surface area contributed by atoms with Gasteiger partial charge in [-0.15, -0.1) is 11.3 Å². The third-order valence-electron chi connectivity index (χ3n) is 4.35. The first-order valence-corrected chi connectivity index (χ1v) is 9.55. The number of carbonyl (C=O) groups is 1. The lowest BCUT2D eigenvalue weighted by Gasteiger charge is -2.07. The molecule has 0 amide bonds. The van der Waals surface area contributed by atoms with Crippen LogP contribution in [-0.2, 0) is 11.2 Å². The largest absolute Gasteiger partial charge is 0.497 e. The third kappa shape index (κ3) is 4.68. The summed E-state index contributed by atoms with van der Waals surface area (Å²) >= 11 is 1.72. The van der Waals surface area contributed by atoms with E-state index < -0.39 is 5.97 Å². The minimum Gasteiger partial charge on any atom is -0.497 e. The summed E-state index contributed by atoms with van der Waals surface area (Å²) in [6.45, 7) is 0. The Kier molecular flexibility index (Phi) is 6.14. The fourth-order valence-corrected chi connectivity index (χ4v) is 4.15. The highest BCUT2D eigenvalue weighted by molar-refractivity contribution is 7.16. The highest BCUT2D eigenvalue weighted by Gasteiger charge is 2.14. The first-order chi connectivity index (χ1) is 13.1. The van der Waals surface area contributed by atoms with Gasteiger partial charge in [0, 0.05) is 21.7 Å². The van der Waals surface area contributed by atoms with E-state index >= 15 is 0 Å². The quantitative estimate of drug-likeness (QED) is 0.558. The lowest BCUT2D eigenvalue weighted by Crippen LogP contribution is -1.94. The second-order valence-corrected chi connectivity index (χ2v) is 7.30. The Morgan fingerprint density at radius 1 is 0.926 bits per heavy atom. The number of aliphatic carboxylic acids is 1. The molecule has 3 aromatic rings. The molecule has 0 atom stereocenters. The molecule has 0 spiro atoms. The average Bonchev–Trinajstić information content (AvgIpc) is 3.12. The van der Waals surface area contributed by atoms with E-state index in [9.17, 15) is 4.79 Å². The zero-order valence-corrected chi connectivity index (χ0v) is 16.2. The molecule has 2 aromatic carbocycles. The van der Waals surface area contributed by atoms with E-state index in [1.54, 1.807) is 25.6 Å². The summed E-state index contributed by atoms with van der Waals surface area (Å²) < 4.78 is 10.5. The molecule has 5 heteroatoms. The van der Waals surface area contributed by atoms with Crippen LogP contribution in [0.15, 0.2) is 54.6 Å². The number of benzene rings is 2. The summed E-state index contributed by atoms with van der Waals surface area (Å²) in [6, 6.07) is 18.2. The Bertz CT molecular complexity index is 830. The van der Waals surface area contributed by atoms with Gasteiger partial charge >= 0.3 is 5.97 Å². The third-order valence-corrected chi connectivity index (χ3v) is 5.59. The Morgan fingerprint density at radius 2 is 1.48 bits per heavy atom. The fourth-order valence-electron chi connectivity index (χ4n) is 2.92. The maximum absolute atomic E-state index is 10.8. The molecule has 0 aliphatic carbocycles. The molecule has 0 saturated heterocycles. The number of hydrogen-bond acceptors (Lipinski definition) is 4. The van der Waals surface area contributed by atoms with Gasteiger partial charge in [0.1, 0.15) is 11.5 Å². The van der Waals surface area contributed by atoms with Crippen LogP contribution in [0.3, 0.4) is 0 Å². The number of aryl methyl sites for hydroxylation is 1. The molecule has 0 fully saturated rings. The lowest BCUT2D eigenvalue weighted by molar-refractivity contribution is -0.137. The molecule has 0 saturated carbocycles. The molecule has 1 N–H and O–H groups in total. The van der Waals surface area contributed by atoms with Crippen molar-refractivity contribution in [3.05, 3.63) is 59.5 Å². The van der Waals surface area contributed by atoms with Crippen LogP contribution in [0.25, 0.3) is 21.6 Å². The molecule has 0 aliphatic rings. The molecule has 1 aromatic heterocycles. The van der Waals surface area contributed by atoms with Crippen LogP contribution in [-0.4, -0.2) is 25.3 Å². The van der Waals surface area contributed by atoms with E-state index in [4.69, 9.17) is 14.6 Å². The first kappa shape index (κ1) is 19.0. The monoisotopic (exact) mass is 382 g/mol. The Balaban J connectivity index is 1.96. The maximum Gasteiger partial charge on any atom is 0.303 e. The Labute approximate surface area is 163 Å². The van der Waals surface area contributed by atoms with Crippen molar-refractivity contribution in [3.63, 3.8) is 0 Å². The SMILES string of the molecule is COc1ccc(-c2cc(CCCC(=O)O)sc2-c2ccc(OC)cc2)cc1. The summed E-state index contributed by atoms with van der Waals surface area (Å²) in [7, 11) is 3.31. The van der Waals surface area contributed by atoms with Gasteiger partial charge < -0.3 is 14.6 Å². The van der Waals surface area contributed by atoms with Crippen molar-refractivity contribution < 1.29 is 19.4 Å². The molecule has 0 unspecified atom stereocenters. The van der Waals surface area contributed by atoms with Crippen molar-refractivity contribution in [1.29, 1.82) is 0 Å². The molecule has 1 heterocycles. The van der Waals surface area contributed by atoms with Crippen LogP contribution in [0.4, 0.5) is 0 Å². The molecular weight excluding hydrogens is 360 g/mol. The second kappa shape index (κ2) is 8.73. The fraction of sp³-hybridized carbons (Fsp3) is 0.227. The van der Waals surface area contributed by atoms with E-state index in [-0.39, 0.29) is 6.42 Å². The van der Waals surface area contributed by atoms with Gasteiger partial charge in [0.15, 0.2) is 0 Å². The van der Waals surface area contributed by atoms with E-state index in [0.717, 1.165) is 34.6 Å². The summed E-state index contributed by atoms with van der Waals surface area (Å²) in [6.07, 6.45) is 1.59. The maximum atomic E-state index is 10.8. The number of carboxylic acid groups (broad SMARTS) is 1. The van der Waals surface area contributed by atoms with Gasteiger partial charge in [-0.05, 0) is 66.4 Å². The van der Waals surface area contributed by atoms with Gasteiger partial charge in [0.05, 0.1) is 14.2 Å². The first-order valence-electron chi connectivity index (χ1n) is 8.74. The molecule has 0 aliphatic heterocycles. The predicted molar refractivity (Wildman–Crippen MR) is 109 cm³/mol. The molecule has 27 heavy (non-hydrogen) atoms. The zero-order chi connectivity index (χ0) is 19.2. The van der Waals surface area contributed by atoms with Crippen molar-refractivity contribution >= 4 is 17.3 Å². The number of methoxy groups -OCH3 is 2. The van der Waals surface area contributed by atoms with E-state index in [2.05, 4.69) is 30.3 Å². The lowest BCUT2D eigenvalue weighted by atomic mass is 10.0. The number of carboxylic acids is 1. The molecule has 3 rings (SSSR count). The van der Waals surface area contributed by atoms with E-state index in [0.29, 0.717) is 6.42 Å². The standard InChI is InChI=1S/C22H22O4S/c1-25-17-10-6-15(7-11-17)20-14-19(4-3-5-21(23)24)27-22(20)16-8-12-18(26-2)13-9-16/h6-14H,3-5H2,1-2H3,(H,23,24). The smallest absolute Gasteiger partial charge is 0.303 e. The summed E-state index contributed by atoms with van der Waals surface area (Å²) in [5.74, 6) is 0.891. The summed E-state index contributed by atoms with van der Waals surface area (Å²) in [5.41, 5.74) is 3.39. The van der Waals surface area contributed by atoms with Crippen molar-refractivity contribution in [3.8, 4) is 33.1 Å². The normalized spacial score (nSPS) is 10.6. The zero-order valence-electron chi connectivity index (χ0n) is 15.4. The Hall–Kier alpha value is -2.79. The van der Waals surface area contributed by atoms with E-state index in [1.807, 2.05) is 24.3 Å². The van der Waals surface area contributed by atoms with Crippen LogP contribution in [0.1, 0.15) is 17.7 Å². The van der Waals surface area contributed by atoms with Gasteiger partial charge in [-0.25, -0.2) is 0 Å². The van der Waals surface area contributed by atoms with Crippen LogP contribution in [0, 0.1) is 0 Å². The van der Waals surface area contributed by atoms with Crippen LogP contribution in [0.5, 0.6) is 11.5 Å². The molecule has 4 nitrogen and oxygen atoms in total. The van der Waals surface area contributed by atoms with Crippen LogP contribution in [0.2, 0.25) is 0 Å². The molecule has 0 radical (unpaired) electrons. The van der Waals surface area contributed by atoms with Crippen molar-refractivity contribution in [1.82, 2.24) is 0 Å². The average molecular weight is 382 g/mol. The van der Waals surface area contributed by atoms with Crippen molar-refractivity contribution in [2.24, 2.45) is 0 Å². The predicted octanol–water partition coefficient (Wildman–Crippen LogP) is 5.51. The van der Waals surface area contributed by atoms with Gasteiger partial charge in [-0.2, -0.15) is 0 Å². The molecule has 140 valence electrons. The summed E-state index contributed by atoms with van der Waals surface area (Å²) in [5, 5.41) is 8.89. The number of thiophene rings is 1. The van der Waals surface area contributed by atoms with Gasteiger partial charge in [-0.3, -0.25) is 4.79 Å². The number of hydrogen-bond donors (Lipinski definition) is 1. The highest BCUT2D eigenvalue weighted by atomic mass is 32.1. The summed E-state index contributed by atoms with van der Waals surface area (Å²) in [4.78, 5) is 13.2. The van der Waals surface area contributed by atoms with Crippen molar-refractivity contribution in [2.45, 2.75) is 19.3 Å². The van der Waals surface area contributed by atoms with Gasteiger partial charge in [-0.1, -0.05) is 12.1 Å². The van der Waals surface area contributed by atoms with E-state index in [1.165, 1.54) is 9.75 Å². The highest BCUT2D eigenvalue weighted by Crippen LogP contribution is 2.40. The number of ether oxygens (including phenoxy) is 2. The molecule has 0 bridgehead atoms. The van der Waals surface area contributed by atoms with Crippen LogP contribution < -0.4 is 9.47 Å². The van der Waals surface area contributed by atoms with Crippen molar-refractivity contribution in [2.75, 3.05) is 14.2 Å². The molecular formula is C22H22O4S. The second-order valence-electron chi connectivity index (χ2n) is 6.16. The van der Waals surface area contributed by atoms with Crippen LogP contribution >= 0.6 is 11.3 Å². The number of rotatable bonds is 8. The minimum atomic E-state index is -0.752.